The first-order valence-electron chi connectivity index (χ1n) is 7.11. The first-order chi connectivity index (χ1) is 9.67. The minimum Gasteiger partial charge on any atom is -0.493 e. The number of benzene rings is 1. The van der Waals surface area contributed by atoms with Crippen molar-refractivity contribution in [1.29, 1.82) is 0 Å². The van der Waals surface area contributed by atoms with E-state index in [1.807, 2.05) is 12.1 Å². The Morgan fingerprint density at radius 2 is 2.10 bits per heavy atom. The maximum absolute atomic E-state index is 5.69. The maximum Gasteiger partial charge on any atom is 0.161 e. The van der Waals surface area contributed by atoms with Crippen LogP contribution in [0.25, 0.3) is 0 Å². The van der Waals surface area contributed by atoms with E-state index in [1.165, 1.54) is 5.56 Å². The first kappa shape index (κ1) is 16.4. The fourth-order valence-electron chi connectivity index (χ4n) is 1.80. The third kappa shape index (κ3) is 5.99. The fraction of sp³-hybridized carbons (Fsp3) is 0.529. The lowest BCUT2D eigenvalue weighted by Crippen LogP contribution is -2.18. The quantitative estimate of drug-likeness (QED) is 0.554. The molecule has 1 aromatic rings. The average molecular weight is 275 g/mol. The van der Waals surface area contributed by atoms with Crippen LogP contribution >= 0.6 is 0 Å². The Kier molecular flexibility index (Phi) is 7.60. The molecule has 0 aliphatic rings. The van der Waals surface area contributed by atoms with Crippen LogP contribution in [0.3, 0.4) is 0 Å². The van der Waals surface area contributed by atoms with Crippen molar-refractivity contribution in [2.75, 3.05) is 20.3 Å². The molecule has 0 saturated carbocycles. The van der Waals surface area contributed by atoms with Crippen LogP contribution in [-0.2, 0) is 6.54 Å². The summed E-state index contributed by atoms with van der Waals surface area (Å²) in [5, 5.41) is 3.41. The number of unbranched alkanes of at least 4 members (excludes halogenated alkanes) is 1. The van der Waals surface area contributed by atoms with Crippen molar-refractivity contribution >= 4 is 0 Å². The molecule has 0 aromatic heterocycles. The Balaban J connectivity index is 2.54. The summed E-state index contributed by atoms with van der Waals surface area (Å²) in [6.07, 6.45) is 6.81. The van der Waals surface area contributed by atoms with Gasteiger partial charge in [0.1, 0.15) is 0 Å². The van der Waals surface area contributed by atoms with E-state index in [-0.39, 0.29) is 0 Å². The molecular formula is C17H25NO2. The highest BCUT2D eigenvalue weighted by atomic mass is 16.5. The number of ether oxygens (including phenoxy) is 2. The summed E-state index contributed by atoms with van der Waals surface area (Å²) in [5.41, 5.74) is 1.19. The molecule has 0 fully saturated rings. The van der Waals surface area contributed by atoms with Gasteiger partial charge in [-0.15, -0.1) is 12.3 Å². The number of nitrogens with one attached hydrogen (secondary N) is 1. The van der Waals surface area contributed by atoms with E-state index in [0.29, 0.717) is 12.5 Å². The van der Waals surface area contributed by atoms with E-state index in [4.69, 9.17) is 15.9 Å². The topological polar surface area (TPSA) is 30.5 Å². The van der Waals surface area contributed by atoms with Gasteiger partial charge in [-0.2, -0.15) is 0 Å². The van der Waals surface area contributed by atoms with Gasteiger partial charge in [-0.1, -0.05) is 19.9 Å². The van der Waals surface area contributed by atoms with Crippen LogP contribution in [0.4, 0.5) is 0 Å². The molecule has 0 bridgehead atoms. The van der Waals surface area contributed by atoms with Gasteiger partial charge in [-0.05, 0) is 36.6 Å². The second kappa shape index (κ2) is 9.28. The minimum absolute atomic E-state index is 0.617. The lowest BCUT2D eigenvalue weighted by molar-refractivity contribution is 0.290. The predicted molar refractivity (Wildman–Crippen MR) is 83.1 cm³/mol. The summed E-state index contributed by atoms with van der Waals surface area (Å²) in [6.45, 7) is 6.85. The summed E-state index contributed by atoms with van der Waals surface area (Å²) >= 11 is 0. The van der Waals surface area contributed by atoms with Crippen LogP contribution in [0.2, 0.25) is 0 Å². The molecule has 0 radical (unpaired) electrons. The summed E-state index contributed by atoms with van der Waals surface area (Å²) in [7, 11) is 1.66. The first-order valence-corrected chi connectivity index (χ1v) is 7.11. The average Bonchev–Trinajstić information content (AvgIpc) is 2.44. The lowest BCUT2D eigenvalue weighted by Gasteiger charge is -2.13. The molecule has 3 heteroatoms. The molecule has 0 saturated heterocycles. The fourth-order valence-corrected chi connectivity index (χ4v) is 1.80. The van der Waals surface area contributed by atoms with Crippen molar-refractivity contribution in [3.05, 3.63) is 23.8 Å². The Labute approximate surface area is 122 Å². The molecule has 0 atom stereocenters. The molecule has 1 aromatic carbocycles. The van der Waals surface area contributed by atoms with Gasteiger partial charge in [0.15, 0.2) is 11.5 Å². The van der Waals surface area contributed by atoms with E-state index in [2.05, 4.69) is 31.2 Å². The molecule has 0 spiro atoms. The second-order valence-electron chi connectivity index (χ2n) is 5.17. The second-order valence-corrected chi connectivity index (χ2v) is 5.17. The molecule has 0 unspecified atom stereocenters. The van der Waals surface area contributed by atoms with Gasteiger partial charge < -0.3 is 14.8 Å². The molecule has 110 valence electrons. The van der Waals surface area contributed by atoms with E-state index in [1.54, 1.807) is 7.11 Å². The van der Waals surface area contributed by atoms with Crippen LogP contribution in [-0.4, -0.2) is 20.3 Å². The van der Waals surface area contributed by atoms with Crippen LogP contribution in [0.5, 0.6) is 11.5 Å². The van der Waals surface area contributed by atoms with Gasteiger partial charge in [-0.3, -0.25) is 0 Å². The van der Waals surface area contributed by atoms with Crippen LogP contribution in [0.1, 0.15) is 32.3 Å². The zero-order valence-corrected chi connectivity index (χ0v) is 12.7. The highest BCUT2D eigenvalue weighted by Crippen LogP contribution is 2.28. The third-order valence-electron chi connectivity index (χ3n) is 2.83. The van der Waals surface area contributed by atoms with Crippen molar-refractivity contribution < 1.29 is 9.47 Å². The molecule has 0 heterocycles. The van der Waals surface area contributed by atoms with Gasteiger partial charge in [0.05, 0.1) is 13.7 Å². The highest BCUT2D eigenvalue weighted by molar-refractivity contribution is 5.42. The molecule has 1 rings (SSSR count). The van der Waals surface area contributed by atoms with Crippen molar-refractivity contribution in [3.63, 3.8) is 0 Å². The van der Waals surface area contributed by atoms with Crippen LogP contribution in [0, 0.1) is 18.3 Å². The van der Waals surface area contributed by atoms with Crippen molar-refractivity contribution in [2.24, 2.45) is 5.92 Å². The zero-order chi connectivity index (χ0) is 14.8. The largest absolute Gasteiger partial charge is 0.493 e. The normalized spacial score (nSPS) is 10.3. The summed E-state index contributed by atoms with van der Waals surface area (Å²) < 4.78 is 11.1. The standard InChI is InChI=1S/C17H25NO2/c1-5-6-7-10-20-16-9-8-15(11-17(16)19-4)13-18-12-14(2)3/h1,8-9,11,14,18H,6-7,10,12-13H2,2-4H3. The molecule has 1 N–H and O–H groups in total. The van der Waals surface area contributed by atoms with E-state index in [0.717, 1.165) is 37.4 Å². The number of hydrogen-bond acceptors (Lipinski definition) is 3. The van der Waals surface area contributed by atoms with Gasteiger partial charge in [0.2, 0.25) is 0 Å². The predicted octanol–water partition coefficient (Wildman–Crippen LogP) is 3.23. The molecule has 3 nitrogen and oxygen atoms in total. The Morgan fingerprint density at radius 3 is 2.75 bits per heavy atom. The third-order valence-corrected chi connectivity index (χ3v) is 2.83. The van der Waals surface area contributed by atoms with E-state index < -0.39 is 0 Å². The van der Waals surface area contributed by atoms with Crippen LogP contribution < -0.4 is 14.8 Å². The summed E-state index contributed by atoms with van der Waals surface area (Å²) in [5.74, 6) is 4.80. The molecule has 0 aliphatic heterocycles. The number of terminal acetylenes is 1. The minimum atomic E-state index is 0.617. The maximum atomic E-state index is 5.69. The van der Waals surface area contributed by atoms with Crippen molar-refractivity contribution in [1.82, 2.24) is 5.32 Å². The smallest absolute Gasteiger partial charge is 0.161 e. The zero-order valence-electron chi connectivity index (χ0n) is 12.7. The molecule has 0 aliphatic carbocycles. The molecule has 20 heavy (non-hydrogen) atoms. The van der Waals surface area contributed by atoms with Gasteiger partial charge in [0.25, 0.3) is 0 Å². The number of methoxy groups -OCH3 is 1. The Hall–Kier alpha value is -1.66. The van der Waals surface area contributed by atoms with E-state index in [9.17, 15) is 0 Å². The monoisotopic (exact) mass is 275 g/mol. The lowest BCUT2D eigenvalue weighted by atomic mass is 10.2. The van der Waals surface area contributed by atoms with Gasteiger partial charge in [0, 0.05) is 13.0 Å². The van der Waals surface area contributed by atoms with Gasteiger partial charge in [-0.25, -0.2) is 0 Å². The molecular weight excluding hydrogens is 250 g/mol. The Bertz CT molecular complexity index is 435. The van der Waals surface area contributed by atoms with Crippen LogP contribution in [0.15, 0.2) is 18.2 Å². The highest BCUT2D eigenvalue weighted by Gasteiger charge is 2.06. The van der Waals surface area contributed by atoms with Crippen molar-refractivity contribution in [2.45, 2.75) is 33.2 Å². The Morgan fingerprint density at radius 1 is 1.30 bits per heavy atom. The number of hydrogen-bond donors (Lipinski definition) is 1. The number of rotatable bonds is 9. The SMILES string of the molecule is C#CCCCOc1ccc(CNCC(C)C)cc1OC. The van der Waals surface area contributed by atoms with E-state index >= 15 is 0 Å². The molecule has 0 amide bonds. The van der Waals surface area contributed by atoms with Crippen molar-refractivity contribution in [3.8, 4) is 23.8 Å². The van der Waals surface area contributed by atoms with Gasteiger partial charge >= 0.3 is 0 Å². The summed E-state index contributed by atoms with van der Waals surface area (Å²) in [4.78, 5) is 0. The summed E-state index contributed by atoms with van der Waals surface area (Å²) in [6, 6.07) is 6.04.